The van der Waals surface area contributed by atoms with Crippen LogP contribution >= 0.6 is 0 Å². The van der Waals surface area contributed by atoms with E-state index in [-0.39, 0.29) is 43.7 Å². The molecule has 16 nitrogen and oxygen atoms in total. The number of sulfonamides is 1. The van der Waals surface area contributed by atoms with Crippen LogP contribution in [-0.2, 0) is 33.9 Å². The van der Waals surface area contributed by atoms with Crippen LogP contribution in [0.15, 0.2) is 30.4 Å². The Morgan fingerprint density at radius 2 is 1.81 bits per heavy atom. The Bertz CT molecular complexity index is 2080. The van der Waals surface area contributed by atoms with E-state index in [0.717, 1.165) is 0 Å². The number of benzene rings is 1. The zero-order valence-electron chi connectivity index (χ0n) is 35.6. The lowest BCUT2D eigenvalue weighted by Gasteiger charge is -2.34. The van der Waals surface area contributed by atoms with Gasteiger partial charge in [-0.05, 0) is 84.3 Å². The molecule has 6 rings (SSSR count). The number of aromatic nitrogens is 2. The van der Waals surface area contributed by atoms with Crippen molar-refractivity contribution in [2.45, 2.75) is 133 Å². The van der Waals surface area contributed by atoms with Crippen LogP contribution in [-0.4, -0.2) is 109 Å². The molecule has 17 heteroatoms. The zero-order chi connectivity index (χ0) is 43.1. The van der Waals surface area contributed by atoms with E-state index in [1.54, 1.807) is 46.9 Å². The van der Waals surface area contributed by atoms with Crippen molar-refractivity contribution < 1.29 is 46.5 Å². The Kier molecular flexibility index (Phi) is 12.6. The first-order chi connectivity index (χ1) is 27.7. The Balaban J connectivity index is 1.39. The molecule has 1 aromatic heterocycles. The first-order valence-corrected chi connectivity index (χ1v) is 22.0. The second-order valence-electron chi connectivity index (χ2n) is 18.2. The van der Waals surface area contributed by atoms with Crippen LogP contribution < -0.4 is 24.8 Å². The monoisotopic (exact) mass is 840 g/mol. The van der Waals surface area contributed by atoms with Crippen LogP contribution in [0.2, 0.25) is 0 Å². The van der Waals surface area contributed by atoms with E-state index in [1.807, 2.05) is 32.1 Å². The molecule has 4 aliphatic rings. The van der Waals surface area contributed by atoms with Crippen molar-refractivity contribution in [3.8, 4) is 11.6 Å². The number of hydrogen-bond donors (Lipinski definition) is 3. The van der Waals surface area contributed by atoms with E-state index in [2.05, 4.69) is 22.3 Å². The lowest BCUT2D eigenvalue weighted by Crippen LogP contribution is -2.60. The topological polar surface area (TPSA) is 204 Å². The van der Waals surface area contributed by atoms with Gasteiger partial charge in [-0.3, -0.25) is 19.1 Å². The fraction of sp³-hybridized carbons (Fsp3) is 0.667. The first-order valence-electron chi connectivity index (χ1n) is 20.6. The van der Waals surface area contributed by atoms with E-state index in [9.17, 15) is 22.8 Å². The third kappa shape index (κ3) is 9.77. The fourth-order valence-corrected chi connectivity index (χ4v) is 9.32. The van der Waals surface area contributed by atoms with Crippen molar-refractivity contribution in [3.05, 3.63) is 36.0 Å². The SMILES string of the molecule is COC[C@@H]1C[C@@H](C)CC/C=C\[C@H]2C[C@]2(C(=O)NS(=O)(=O)C2(C)CC2)NC(=O)[C@@H]2C[C@@H](Oc3nc4cc(OC)ccc4nc3C(C)C)CN2C(=O)[C@H]1NC(=O)OC(C)(C)C. The van der Waals surface area contributed by atoms with Gasteiger partial charge in [0.25, 0.3) is 5.91 Å². The smallest absolute Gasteiger partial charge is 0.408 e. The van der Waals surface area contributed by atoms with Crippen LogP contribution in [0.3, 0.4) is 0 Å². The van der Waals surface area contributed by atoms with Crippen molar-refractivity contribution in [2.24, 2.45) is 17.8 Å². The van der Waals surface area contributed by atoms with Crippen molar-refractivity contribution in [1.82, 2.24) is 30.2 Å². The van der Waals surface area contributed by atoms with Gasteiger partial charge in [-0.1, -0.05) is 32.9 Å². The number of ether oxygens (including phenoxy) is 4. The van der Waals surface area contributed by atoms with Crippen LogP contribution in [0.25, 0.3) is 11.0 Å². The summed E-state index contributed by atoms with van der Waals surface area (Å²) in [5, 5.41) is 5.74. The number of carbonyl (C=O) groups is 4. The lowest BCUT2D eigenvalue weighted by atomic mass is 9.87. The van der Waals surface area contributed by atoms with E-state index < -0.39 is 79.7 Å². The van der Waals surface area contributed by atoms with Crippen molar-refractivity contribution in [2.75, 3.05) is 27.4 Å². The molecule has 3 N–H and O–H groups in total. The fourth-order valence-electron chi connectivity index (χ4n) is 8.00. The molecule has 324 valence electrons. The second kappa shape index (κ2) is 16.9. The number of allylic oxidation sites excluding steroid dienone is 1. The van der Waals surface area contributed by atoms with Crippen molar-refractivity contribution in [3.63, 3.8) is 0 Å². The third-order valence-electron chi connectivity index (χ3n) is 11.8. The highest BCUT2D eigenvalue weighted by atomic mass is 32.2. The summed E-state index contributed by atoms with van der Waals surface area (Å²) < 4.78 is 51.0. The predicted molar refractivity (Wildman–Crippen MR) is 219 cm³/mol. The number of methoxy groups -OCH3 is 2. The molecule has 1 aromatic carbocycles. The standard InChI is InChI=1S/C42H60N6O10S/c1-24(2)33-36(44-31-19-28(56-9)14-15-30(31)43-33)57-29-20-32-35(49)46-42(38(51)47-59(53,54)41(7)16-17-41)21-27(42)13-11-10-12-25(3)18-26(23-55-8)34(37(50)48(32)22-29)45-39(52)58-40(4,5)6/h11,13-15,19,24-27,29,32,34H,10,12,16-18,20-23H2,1-9H3,(H,45,52)(H,46,49)(H,47,51)/b13-11-/t25-,26-,27-,29+,32-,34-,42-/m0/s1. The molecule has 4 amide bonds. The summed E-state index contributed by atoms with van der Waals surface area (Å²) in [6.07, 6.45) is 5.10. The molecule has 0 radical (unpaired) electrons. The normalized spacial score (nSPS) is 28.9. The second-order valence-corrected chi connectivity index (χ2v) is 20.4. The minimum atomic E-state index is -4.03. The van der Waals surface area contributed by atoms with Crippen LogP contribution in [0.4, 0.5) is 4.79 Å². The number of fused-ring (bicyclic) bond motifs is 3. The molecule has 0 spiro atoms. The van der Waals surface area contributed by atoms with Crippen molar-refractivity contribution in [1.29, 1.82) is 0 Å². The minimum Gasteiger partial charge on any atom is -0.497 e. The van der Waals surface area contributed by atoms with Gasteiger partial charge >= 0.3 is 6.09 Å². The predicted octanol–water partition coefficient (Wildman–Crippen LogP) is 4.52. The van der Waals surface area contributed by atoms with Gasteiger partial charge in [-0.25, -0.2) is 23.2 Å². The van der Waals surface area contributed by atoms with Gasteiger partial charge in [0, 0.05) is 37.4 Å². The maximum Gasteiger partial charge on any atom is 0.408 e. The number of nitrogens with zero attached hydrogens (tertiary/aromatic N) is 3. The molecular weight excluding hydrogens is 781 g/mol. The van der Waals surface area contributed by atoms with Gasteiger partial charge in [-0.2, -0.15) is 0 Å². The molecule has 3 fully saturated rings. The summed E-state index contributed by atoms with van der Waals surface area (Å²) in [4.78, 5) is 68.3. The maximum atomic E-state index is 15.1. The summed E-state index contributed by atoms with van der Waals surface area (Å²) in [5.41, 5.74) is -0.683. The molecule has 59 heavy (non-hydrogen) atoms. The number of alkyl carbamates (subject to hydrolysis) is 1. The van der Waals surface area contributed by atoms with E-state index in [0.29, 0.717) is 54.6 Å². The number of hydrogen-bond acceptors (Lipinski definition) is 12. The average molecular weight is 841 g/mol. The van der Waals surface area contributed by atoms with Crippen LogP contribution in [0, 0.1) is 17.8 Å². The largest absolute Gasteiger partial charge is 0.497 e. The van der Waals surface area contributed by atoms with E-state index >= 15 is 4.79 Å². The molecule has 1 saturated heterocycles. The highest BCUT2D eigenvalue weighted by Gasteiger charge is 2.63. The Morgan fingerprint density at radius 1 is 1.08 bits per heavy atom. The average Bonchev–Trinajstić information content (AvgIpc) is 4.03. The summed E-state index contributed by atoms with van der Waals surface area (Å²) in [6.45, 7) is 12.8. The number of carbonyl (C=O) groups excluding carboxylic acids is 4. The zero-order valence-corrected chi connectivity index (χ0v) is 36.4. The summed E-state index contributed by atoms with van der Waals surface area (Å²) >= 11 is 0. The molecular formula is C42H60N6O10S. The summed E-state index contributed by atoms with van der Waals surface area (Å²) in [5.74, 6) is -2.24. The maximum absolute atomic E-state index is 15.1. The van der Waals surface area contributed by atoms with Gasteiger partial charge in [0.2, 0.25) is 27.7 Å². The Hall–Kier alpha value is -4.51. The summed E-state index contributed by atoms with van der Waals surface area (Å²) in [6, 6.07) is 2.99. The molecule has 3 heterocycles. The molecule has 2 aliphatic heterocycles. The molecule has 2 saturated carbocycles. The van der Waals surface area contributed by atoms with Gasteiger partial charge < -0.3 is 34.5 Å². The molecule has 2 aliphatic carbocycles. The van der Waals surface area contributed by atoms with E-state index in [1.165, 1.54) is 12.0 Å². The van der Waals surface area contributed by atoms with Crippen LogP contribution in [0.5, 0.6) is 11.6 Å². The van der Waals surface area contributed by atoms with Gasteiger partial charge in [0.05, 0.1) is 36.0 Å². The van der Waals surface area contributed by atoms with Gasteiger partial charge in [0.1, 0.15) is 40.8 Å². The highest BCUT2D eigenvalue weighted by molar-refractivity contribution is 7.91. The van der Waals surface area contributed by atoms with Crippen LogP contribution in [0.1, 0.15) is 105 Å². The minimum absolute atomic E-state index is 0.00792. The number of amides is 4. The number of nitrogens with one attached hydrogen (secondary N) is 3. The number of rotatable bonds is 10. The highest BCUT2D eigenvalue weighted by Crippen LogP contribution is 2.47. The summed E-state index contributed by atoms with van der Waals surface area (Å²) in [7, 11) is -0.943. The third-order valence-corrected chi connectivity index (χ3v) is 14.0. The van der Waals surface area contributed by atoms with Gasteiger partial charge in [-0.15, -0.1) is 0 Å². The molecule has 0 unspecified atom stereocenters. The molecule has 2 aromatic rings. The quantitative estimate of drug-likeness (QED) is 0.283. The Labute approximate surface area is 347 Å². The first kappa shape index (κ1) is 44.1. The van der Waals surface area contributed by atoms with Gasteiger partial charge in [0.15, 0.2) is 0 Å². The molecule has 0 bridgehead atoms. The van der Waals surface area contributed by atoms with E-state index in [4.69, 9.17) is 28.9 Å². The lowest BCUT2D eigenvalue weighted by molar-refractivity contribution is -0.142. The van der Waals surface area contributed by atoms with Crippen molar-refractivity contribution >= 4 is 44.9 Å². The Morgan fingerprint density at radius 3 is 2.46 bits per heavy atom. The molecule has 7 atom stereocenters.